The molecule has 0 spiro atoms. The van der Waals surface area contributed by atoms with Crippen LogP contribution in [0.4, 0.5) is 0 Å². The first-order valence-electron chi connectivity index (χ1n) is 8.42. The van der Waals surface area contributed by atoms with Gasteiger partial charge in [0.25, 0.3) is 5.91 Å². The average molecular weight is 323 g/mol. The zero-order valence-electron chi connectivity index (χ0n) is 13.1. The molecule has 0 bridgehead atoms. The molecule has 1 unspecified atom stereocenters. The van der Waals surface area contributed by atoms with Gasteiger partial charge in [0.1, 0.15) is 0 Å². The van der Waals surface area contributed by atoms with E-state index in [1.165, 1.54) is 23.3 Å². The van der Waals surface area contributed by atoms with Crippen molar-refractivity contribution in [1.82, 2.24) is 5.32 Å². The van der Waals surface area contributed by atoms with Crippen LogP contribution in [0, 0.1) is 0 Å². The van der Waals surface area contributed by atoms with Crippen LogP contribution in [0.15, 0.2) is 6.07 Å². The summed E-state index contributed by atoms with van der Waals surface area (Å²) in [6.07, 6.45) is 8.19. The van der Waals surface area contributed by atoms with Gasteiger partial charge in [-0.2, -0.15) is 0 Å². The predicted molar refractivity (Wildman–Crippen MR) is 87.7 cm³/mol. The molecule has 0 saturated carbocycles. The Morgan fingerprint density at radius 2 is 2.27 bits per heavy atom. The van der Waals surface area contributed by atoms with E-state index in [0.717, 1.165) is 43.6 Å². The number of carbonyl (C=O) groups is 1. The fourth-order valence-electron chi connectivity index (χ4n) is 3.06. The van der Waals surface area contributed by atoms with Crippen LogP contribution in [-0.2, 0) is 22.3 Å². The van der Waals surface area contributed by atoms with E-state index in [0.29, 0.717) is 19.8 Å². The Morgan fingerprint density at radius 1 is 1.36 bits per heavy atom. The number of amides is 1. The van der Waals surface area contributed by atoms with Crippen molar-refractivity contribution >= 4 is 17.2 Å². The quantitative estimate of drug-likeness (QED) is 0.785. The summed E-state index contributed by atoms with van der Waals surface area (Å²) in [4.78, 5) is 14.4. The Bertz CT molecular complexity index is 471. The molecule has 0 aromatic carbocycles. The largest absolute Gasteiger partial charge is 0.379 e. The van der Waals surface area contributed by atoms with Gasteiger partial charge in [0, 0.05) is 24.6 Å². The van der Waals surface area contributed by atoms with Crippen molar-refractivity contribution in [3.63, 3.8) is 0 Å². The van der Waals surface area contributed by atoms with E-state index >= 15 is 0 Å². The summed E-state index contributed by atoms with van der Waals surface area (Å²) in [7, 11) is 0. The minimum absolute atomic E-state index is 0.0681. The Kier molecular flexibility index (Phi) is 5.87. The van der Waals surface area contributed by atoms with Crippen LogP contribution in [0.3, 0.4) is 0 Å². The lowest BCUT2D eigenvalue weighted by Crippen LogP contribution is -2.25. The smallest absolute Gasteiger partial charge is 0.261 e. The summed E-state index contributed by atoms with van der Waals surface area (Å²) in [5.74, 6) is 0.0681. The summed E-state index contributed by atoms with van der Waals surface area (Å²) < 4.78 is 11.1. The summed E-state index contributed by atoms with van der Waals surface area (Å²) in [5.41, 5.74) is 1.39. The first-order chi connectivity index (χ1) is 10.8. The van der Waals surface area contributed by atoms with E-state index < -0.39 is 0 Å². The highest BCUT2D eigenvalue weighted by Gasteiger charge is 2.17. The number of hydrogen-bond acceptors (Lipinski definition) is 4. The van der Waals surface area contributed by atoms with Gasteiger partial charge in [-0.3, -0.25) is 4.79 Å². The molecule has 1 aliphatic carbocycles. The van der Waals surface area contributed by atoms with E-state index in [1.807, 2.05) is 0 Å². The van der Waals surface area contributed by atoms with Crippen LogP contribution in [0.2, 0.25) is 0 Å². The van der Waals surface area contributed by atoms with Gasteiger partial charge in [-0.05, 0) is 56.6 Å². The summed E-state index contributed by atoms with van der Waals surface area (Å²) in [6, 6.07) is 2.09. The van der Waals surface area contributed by atoms with Crippen molar-refractivity contribution in [1.29, 1.82) is 0 Å². The minimum atomic E-state index is 0.0681. The third-order valence-corrected chi connectivity index (χ3v) is 5.53. The molecule has 1 aromatic rings. The first-order valence-corrected chi connectivity index (χ1v) is 9.24. The maximum absolute atomic E-state index is 12.1. The van der Waals surface area contributed by atoms with Crippen LogP contribution < -0.4 is 5.32 Å². The molecular weight excluding hydrogens is 298 g/mol. The van der Waals surface area contributed by atoms with Crippen LogP contribution in [0.25, 0.3) is 0 Å². The topological polar surface area (TPSA) is 47.6 Å². The van der Waals surface area contributed by atoms with Crippen LogP contribution in [0.1, 0.15) is 52.2 Å². The molecule has 0 radical (unpaired) electrons. The third kappa shape index (κ3) is 4.31. The molecule has 1 amide bonds. The van der Waals surface area contributed by atoms with Crippen LogP contribution >= 0.6 is 11.3 Å². The van der Waals surface area contributed by atoms with E-state index in [2.05, 4.69) is 11.4 Å². The Labute approximate surface area is 136 Å². The number of rotatable bonds is 7. The normalized spacial score (nSPS) is 20.8. The van der Waals surface area contributed by atoms with Gasteiger partial charge < -0.3 is 14.8 Å². The molecule has 5 heteroatoms. The maximum Gasteiger partial charge on any atom is 0.261 e. The Morgan fingerprint density at radius 3 is 3.09 bits per heavy atom. The number of thiophene rings is 1. The molecule has 1 aliphatic heterocycles. The van der Waals surface area contributed by atoms with Crippen molar-refractivity contribution in [2.24, 2.45) is 0 Å². The first kappa shape index (κ1) is 16.0. The number of hydrogen-bond donors (Lipinski definition) is 1. The van der Waals surface area contributed by atoms with Gasteiger partial charge in [-0.25, -0.2) is 0 Å². The van der Waals surface area contributed by atoms with Gasteiger partial charge in [-0.1, -0.05) is 0 Å². The highest BCUT2D eigenvalue weighted by atomic mass is 32.1. The number of nitrogens with one attached hydrogen (secondary N) is 1. The average Bonchev–Trinajstić information content (AvgIpc) is 3.19. The van der Waals surface area contributed by atoms with Gasteiger partial charge in [-0.15, -0.1) is 11.3 Å². The molecule has 1 aromatic heterocycles. The molecule has 4 nitrogen and oxygen atoms in total. The zero-order chi connectivity index (χ0) is 15.2. The van der Waals surface area contributed by atoms with Gasteiger partial charge in [0.15, 0.2) is 0 Å². The van der Waals surface area contributed by atoms with Crippen molar-refractivity contribution in [2.45, 2.75) is 51.0 Å². The molecule has 3 rings (SSSR count). The maximum atomic E-state index is 12.1. The predicted octanol–water partition coefficient (Wildman–Crippen LogP) is 2.94. The molecule has 2 heterocycles. The molecule has 2 aliphatic rings. The number of carbonyl (C=O) groups excluding carboxylic acids is 1. The number of ether oxygens (including phenoxy) is 2. The zero-order valence-corrected chi connectivity index (χ0v) is 13.9. The lowest BCUT2D eigenvalue weighted by Gasteiger charge is -2.10. The Hall–Kier alpha value is -0.910. The van der Waals surface area contributed by atoms with Crippen molar-refractivity contribution in [3.8, 4) is 0 Å². The molecular formula is C17H25NO3S. The standard InChI is InChI=1S/C17H25NO3S/c19-17(16-11-13-5-1-2-7-15(13)22-16)18-8-4-9-20-12-14-6-3-10-21-14/h11,14H,1-10,12H2,(H,18,19). The SMILES string of the molecule is O=C(NCCCOCC1CCCO1)c1cc2c(s1)CCCC2. The van der Waals surface area contributed by atoms with E-state index in [4.69, 9.17) is 9.47 Å². The van der Waals surface area contributed by atoms with Gasteiger partial charge in [0.05, 0.1) is 17.6 Å². The fraction of sp³-hybridized carbons (Fsp3) is 0.706. The van der Waals surface area contributed by atoms with E-state index in [-0.39, 0.29) is 12.0 Å². The lowest BCUT2D eigenvalue weighted by molar-refractivity contribution is 0.0166. The number of aryl methyl sites for hydroxylation is 2. The highest BCUT2D eigenvalue weighted by molar-refractivity contribution is 7.14. The minimum Gasteiger partial charge on any atom is -0.379 e. The summed E-state index contributed by atoms with van der Waals surface area (Å²) >= 11 is 1.67. The van der Waals surface area contributed by atoms with E-state index in [1.54, 1.807) is 11.3 Å². The second kappa shape index (κ2) is 8.09. The second-order valence-corrected chi connectivity index (χ2v) is 7.22. The van der Waals surface area contributed by atoms with Gasteiger partial charge >= 0.3 is 0 Å². The van der Waals surface area contributed by atoms with Crippen molar-refractivity contribution in [3.05, 3.63) is 21.4 Å². The summed E-state index contributed by atoms with van der Waals surface area (Å²) in [5, 5.41) is 3.00. The molecule has 1 fully saturated rings. The highest BCUT2D eigenvalue weighted by Crippen LogP contribution is 2.29. The van der Waals surface area contributed by atoms with Crippen molar-refractivity contribution in [2.75, 3.05) is 26.4 Å². The molecule has 1 saturated heterocycles. The summed E-state index contributed by atoms with van der Waals surface area (Å²) in [6.45, 7) is 2.91. The monoisotopic (exact) mass is 323 g/mol. The fourth-order valence-corrected chi connectivity index (χ4v) is 4.23. The molecule has 1 N–H and O–H groups in total. The Balaban J connectivity index is 1.31. The van der Waals surface area contributed by atoms with Gasteiger partial charge in [0.2, 0.25) is 0 Å². The van der Waals surface area contributed by atoms with Crippen LogP contribution in [-0.4, -0.2) is 38.4 Å². The van der Waals surface area contributed by atoms with Crippen LogP contribution in [0.5, 0.6) is 0 Å². The molecule has 122 valence electrons. The van der Waals surface area contributed by atoms with Crippen molar-refractivity contribution < 1.29 is 14.3 Å². The third-order valence-electron chi connectivity index (χ3n) is 4.30. The second-order valence-electron chi connectivity index (χ2n) is 6.09. The number of fused-ring (bicyclic) bond motifs is 1. The molecule has 1 atom stereocenters. The van der Waals surface area contributed by atoms with E-state index in [9.17, 15) is 4.79 Å². The lowest BCUT2D eigenvalue weighted by atomic mass is 9.99. The molecule has 22 heavy (non-hydrogen) atoms.